The molecule has 0 heterocycles. The van der Waals surface area contributed by atoms with E-state index in [2.05, 4.69) is 44.3 Å². The van der Waals surface area contributed by atoms with Crippen molar-refractivity contribution in [3.63, 3.8) is 0 Å². The van der Waals surface area contributed by atoms with Crippen molar-refractivity contribution in [1.82, 2.24) is 5.32 Å². The van der Waals surface area contributed by atoms with Gasteiger partial charge in [-0.15, -0.1) is 0 Å². The molecule has 17 heavy (non-hydrogen) atoms. The number of hydrogen-bond acceptors (Lipinski definition) is 2. The van der Waals surface area contributed by atoms with Crippen LogP contribution < -0.4 is 5.32 Å². The van der Waals surface area contributed by atoms with Gasteiger partial charge in [-0.1, -0.05) is 29.3 Å². The maximum absolute atomic E-state index is 10.9. The van der Waals surface area contributed by atoms with E-state index in [-0.39, 0.29) is 0 Å². The van der Waals surface area contributed by atoms with Crippen molar-refractivity contribution >= 4 is 10.8 Å². The van der Waals surface area contributed by atoms with Crippen LogP contribution in [-0.2, 0) is 10.8 Å². The van der Waals surface area contributed by atoms with Crippen LogP contribution in [-0.4, -0.2) is 22.8 Å². The van der Waals surface area contributed by atoms with Gasteiger partial charge in [-0.2, -0.15) is 0 Å². The molecule has 0 aromatic heterocycles. The van der Waals surface area contributed by atoms with Crippen LogP contribution in [0.25, 0.3) is 0 Å². The molecule has 1 aromatic carbocycles. The van der Waals surface area contributed by atoms with E-state index in [0.29, 0.717) is 6.04 Å². The van der Waals surface area contributed by atoms with Crippen LogP contribution in [0.4, 0.5) is 0 Å². The molecule has 0 aliphatic heterocycles. The summed E-state index contributed by atoms with van der Waals surface area (Å²) in [6, 6.07) is 7.00. The zero-order valence-corrected chi connectivity index (χ0v) is 12.1. The predicted octanol–water partition coefficient (Wildman–Crippen LogP) is 2.72. The molecular formula is C14H23NOS. The number of aryl methyl sites for hydroxylation is 2. The van der Waals surface area contributed by atoms with Crippen LogP contribution in [0, 0.1) is 13.8 Å². The summed E-state index contributed by atoms with van der Waals surface area (Å²) in [4.78, 5) is 0. The fourth-order valence-corrected chi connectivity index (χ4v) is 2.52. The Hall–Kier alpha value is -0.670. The smallest absolute Gasteiger partial charge is 0.0291 e. The molecule has 2 nitrogen and oxygen atoms in total. The Balaban J connectivity index is 2.46. The van der Waals surface area contributed by atoms with E-state index >= 15 is 0 Å². The summed E-state index contributed by atoms with van der Waals surface area (Å²) in [5.74, 6) is 0.784. The molecule has 0 aliphatic rings. The summed E-state index contributed by atoms with van der Waals surface area (Å²) in [6.07, 6.45) is 2.73. The van der Waals surface area contributed by atoms with Gasteiger partial charge < -0.3 is 5.32 Å². The Morgan fingerprint density at radius 3 is 2.35 bits per heavy atom. The first-order chi connectivity index (χ1) is 7.99. The van der Waals surface area contributed by atoms with Gasteiger partial charge in [0.1, 0.15) is 0 Å². The Morgan fingerprint density at radius 2 is 1.82 bits per heavy atom. The fraction of sp³-hybridized carbons (Fsp3) is 0.571. The summed E-state index contributed by atoms with van der Waals surface area (Å²) < 4.78 is 10.9. The van der Waals surface area contributed by atoms with Gasteiger partial charge in [0.15, 0.2) is 0 Å². The summed E-state index contributed by atoms with van der Waals surface area (Å²) in [5.41, 5.74) is 3.95. The maximum Gasteiger partial charge on any atom is 0.0291 e. The van der Waals surface area contributed by atoms with Crippen LogP contribution in [0.15, 0.2) is 18.2 Å². The quantitative estimate of drug-likeness (QED) is 0.790. The molecule has 0 aliphatic carbocycles. The van der Waals surface area contributed by atoms with Gasteiger partial charge in [-0.05, 0) is 39.3 Å². The third kappa shape index (κ3) is 5.46. The molecule has 1 rings (SSSR count). The molecule has 1 N–H and O–H groups in total. The first-order valence-corrected chi connectivity index (χ1v) is 7.83. The minimum absolute atomic E-state index is 0.360. The van der Waals surface area contributed by atoms with Crippen LogP contribution in [0.1, 0.15) is 36.1 Å². The van der Waals surface area contributed by atoms with Crippen molar-refractivity contribution < 1.29 is 4.21 Å². The highest BCUT2D eigenvalue weighted by molar-refractivity contribution is 7.84. The maximum atomic E-state index is 10.9. The second-order valence-corrected chi connectivity index (χ2v) is 6.28. The lowest BCUT2D eigenvalue weighted by atomic mass is 10.0. The van der Waals surface area contributed by atoms with Crippen molar-refractivity contribution in [3.05, 3.63) is 34.9 Å². The lowest BCUT2D eigenvalue weighted by Gasteiger charge is -2.15. The molecule has 3 heteroatoms. The van der Waals surface area contributed by atoms with Gasteiger partial charge in [-0.3, -0.25) is 4.21 Å². The summed E-state index contributed by atoms with van der Waals surface area (Å²) in [7, 11) is -0.672. The van der Waals surface area contributed by atoms with Crippen molar-refractivity contribution in [2.75, 3.05) is 18.6 Å². The minimum atomic E-state index is -0.672. The molecule has 0 fully saturated rings. The standard InChI is InChI=1S/C14H23NOS/c1-11-8-12(2)10-14(9-11)13(3)15-6-5-7-17(4)16/h8-10,13,15H,5-7H2,1-4H3. The van der Waals surface area contributed by atoms with E-state index in [4.69, 9.17) is 0 Å². The molecular weight excluding hydrogens is 230 g/mol. The fourth-order valence-electron chi connectivity index (χ4n) is 1.97. The number of nitrogens with one attached hydrogen (secondary N) is 1. The van der Waals surface area contributed by atoms with E-state index in [9.17, 15) is 4.21 Å². The van der Waals surface area contributed by atoms with Gasteiger partial charge in [0.05, 0.1) is 0 Å². The van der Waals surface area contributed by atoms with E-state index in [1.165, 1.54) is 16.7 Å². The molecule has 2 unspecified atom stereocenters. The van der Waals surface area contributed by atoms with Crippen LogP contribution in [0.3, 0.4) is 0 Å². The monoisotopic (exact) mass is 253 g/mol. The average Bonchev–Trinajstić information content (AvgIpc) is 2.22. The normalized spacial score (nSPS) is 14.6. The number of benzene rings is 1. The highest BCUT2D eigenvalue weighted by Crippen LogP contribution is 2.16. The highest BCUT2D eigenvalue weighted by Gasteiger charge is 2.05. The van der Waals surface area contributed by atoms with Gasteiger partial charge >= 0.3 is 0 Å². The van der Waals surface area contributed by atoms with Gasteiger partial charge in [0.2, 0.25) is 0 Å². The summed E-state index contributed by atoms with van der Waals surface area (Å²) >= 11 is 0. The summed E-state index contributed by atoms with van der Waals surface area (Å²) in [6.45, 7) is 7.36. The third-order valence-electron chi connectivity index (χ3n) is 2.80. The van der Waals surface area contributed by atoms with E-state index in [0.717, 1.165) is 18.7 Å². The number of hydrogen-bond donors (Lipinski definition) is 1. The highest BCUT2D eigenvalue weighted by atomic mass is 32.2. The topological polar surface area (TPSA) is 29.1 Å². The molecule has 0 bridgehead atoms. The van der Waals surface area contributed by atoms with Crippen LogP contribution in [0.5, 0.6) is 0 Å². The molecule has 0 radical (unpaired) electrons. The van der Waals surface area contributed by atoms with E-state index in [1.54, 1.807) is 6.26 Å². The van der Waals surface area contributed by atoms with Crippen LogP contribution >= 0.6 is 0 Å². The van der Waals surface area contributed by atoms with Gasteiger partial charge in [-0.25, -0.2) is 0 Å². The first-order valence-electron chi connectivity index (χ1n) is 6.10. The lowest BCUT2D eigenvalue weighted by molar-refractivity contribution is 0.570. The molecule has 1 aromatic rings. The largest absolute Gasteiger partial charge is 0.310 e. The Kier molecular flexibility index (Phi) is 5.86. The average molecular weight is 253 g/mol. The Morgan fingerprint density at radius 1 is 1.24 bits per heavy atom. The van der Waals surface area contributed by atoms with Crippen molar-refractivity contribution in [2.24, 2.45) is 0 Å². The zero-order chi connectivity index (χ0) is 12.8. The van der Waals surface area contributed by atoms with Crippen LogP contribution in [0.2, 0.25) is 0 Å². The summed E-state index contributed by atoms with van der Waals surface area (Å²) in [5, 5.41) is 3.47. The SMILES string of the molecule is Cc1cc(C)cc(C(C)NCCCS(C)=O)c1. The van der Waals surface area contributed by atoms with E-state index < -0.39 is 10.8 Å². The lowest BCUT2D eigenvalue weighted by Crippen LogP contribution is -2.21. The molecule has 0 saturated carbocycles. The molecule has 0 spiro atoms. The van der Waals surface area contributed by atoms with Gasteiger partial charge in [0, 0.05) is 28.9 Å². The van der Waals surface area contributed by atoms with E-state index in [1.807, 2.05) is 0 Å². The zero-order valence-electron chi connectivity index (χ0n) is 11.2. The molecule has 0 amide bonds. The van der Waals surface area contributed by atoms with Crippen molar-refractivity contribution in [2.45, 2.75) is 33.2 Å². The first kappa shape index (κ1) is 14.4. The predicted molar refractivity (Wildman–Crippen MR) is 75.9 cm³/mol. The number of rotatable bonds is 6. The Labute approximate surface area is 107 Å². The second-order valence-electron chi connectivity index (χ2n) is 4.73. The molecule has 96 valence electrons. The van der Waals surface area contributed by atoms with Crippen molar-refractivity contribution in [3.8, 4) is 0 Å². The van der Waals surface area contributed by atoms with Gasteiger partial charge in [0.25, 0.3) is 0 Å². The second kappa shape index (κ2) is 6.92. The molecule has 0 saturated heterocycles. The third-order valence-corrected chi connectivity index (χ3v) is 3.67. The minimum Gasteiger partial charge on any atom is -0.310 e. The Bertz CT molecular complexity index is 370. The van der Waals surface area contributed by atoms with Crippen molar-refractivity contribution in [1.29, 1.82) is 0 Å². The molecule has 2 atom stereocenters.